The molecule has 1 N–H and O–H groups in total. The molecule has 1 unspecified atom stereocenters. The number of anilines is 1. The van der Waals surface area contributed by atoms with Gasteiger partial charge in [-0.2, -0.15) is 0 Å². The maximum absolute atomic E-state index is 9.33. The van der Waals surface area contributed by atoms with Crippen LogP contribution in [0.2, 0.25) is 0 Å². The Morgan fingerprint density at radius 3 is 2.93 bits per heavy atom. The Hall–Kier alpha value is -0.650. The Labute approximate surface area is 87.1 Å². The van der Waals surface area contributed by atoms with Gasteiger partial charge in [0.1, 0.15) is 0 Å². The van der Waals surface area contributed by atoms with E-state index in [-0.39, 0.29) is 0 Å². The molecular formula is C9H14N2O2S. The van der Waals surface area contributed by atoms with Crippen molar-refractivity contribution in [1.29, 1.82) is 0 Å². The van der Waals surface area contributed by atoms with Gasteiger partial charge in [-0.15, -0.1) is 0 Å². The Balaban J connectivity index is 1.98. The van der Waals surface area contributed by atoms with E-state index in [1.54, 1.807) is 31.6 Å². The number of hydrogen-bond acceptors (Lipinski definition) is 5. The van der Waals surface area contributed by atoms with Crippen LogP contribution in [0.25, 0.3) is 0 Å². The van der Waals surface area contributed by atoms with Gasteiger partial charge in [-0.1, -0.05) is 11.3 Å². The molecule has 1 saturated heterocycles. The fourth-order valence-electron chi connectivity index (χ4n) is 1.36. The summed E-state index contributed by atoms with van der Waals surface area (Å²) in [5, 5.41) is 10.3. The van der Waals surface area contributed by atoms with Crippen LogP contribution in [-0.4, -0.2) is 36.4 Å². The predicted octanol–water partition coefficient (Wildman–Crippen LogP) is 1.03. The van der Waals surface area contributed by atoms with Gasteiger partial charge < -0.3 is 14.7 Å². The summed E-state index contributed by atoms with van der Waals surface area (Å²) in [5.74, 6) is 0. The van der Waals surface area contributed by atoms with Gasteiger partial charge in [-0.25, -0.2) is 4.98 Å². The van der Waals surface area contributed by atoms with Crippen LogP contribution in [0.3, 0.4) is 0 Å². The van der Waals surface area contributed by atoms with Crippen LogP contribution >= 0.6 is 11.3 Å². The van der Waals surface area contributed by atoms with Crippen molar-refractivity contribution in [1.82, 2.24) is 4.98 Å². The highest BCUT2D eigenvalue weighted by Crippen LogP contribution is 2.30. The van der Waals surface area contributed by atoms with E-state index >= 15 is 0 Å². The van der Waals surface area contributed by atoms with Crippen molar-refractivity contribution in [2.75, 3.05) is 25.1 Å². The minimum atomic E-state index is -0.416. The van der Waals surface area contributed by atoms with Crippen molar-refractivity contribution in [2.45, 2.75) is 19.1 Å². The fraction of sp³-hybridized carbons (Fsp3) is 0.667. The second-order valence-electron chi connectivity index (χ2n) is 3.48. The van der Waals surface area contributed by atoms with Crippen LogP contribution in [0.15, 0.2) is 6.20 Å². The summed E-state index contributed by atoms with van der Waals surface area (Å²) in [6.45, 7) is 3.57. The summed E-state index contributed by atoms with van der Waals surface area (Å²) in [6, 6.07) is 0. The molecule has 0 spiro atoms. The lowest BCUT2D eigenvalue weighted by Crippen LogP contribution is -2.51. The molecule has 1 aromatic rings. The maximum Gasteiger partial charge on any atom is 0.185 e. The van der Waals surface area contributed by atoms with E-state index in [2.05, 4.69) is 9.88 Å². The zero-order valence-electron chi connectivity index (χ0n) is 8.30. The van der Waals surface area contributed by atoms with Crippen molar-refractivity contribution in [3.8, 4) is 0 Å². The van der Waals surface area contributed by atoms with E-state index in [0.29, 0.717) is 6.10 Å². The van der Waals surface area contributed by atoms with E-state index in [1.807, 2.05) is 0 Å². The zero-order valence-corrected chi connectivity index (χ0v) is 9.12. The minimum absolute atomic E-state index is 0.342. The zero-order chi connectivity index (χ0) is 10.1. The molecule has 2 rings (SSSR count). The first-order chi connectivity index (χ1) is 6.70. The second kappa shape index (κ2) is 3.84. The summed E-state index contributed by atoms with van der Waals surface area (Å²) in [5.41, 5.74) is 0. The summed E-state index contributed by atoms with van der Waals surface area (Å²) >= 11 is 1.55. The first-order valence-electron chi connectivity index (χ1n) is 4.62. The van der Waals surface area contributed by atoms with Gasteiger partial charge in [0.15, 0.2) is 5.13 Å². The lowest BCUT2D eigenvalue weighted by atomic mass is 10.2. The van der Waals surface area contributed by atoms with E-state index in [4.69, 9.17) is 4.74 Å². The fourth-order valence-corrected chi connectivity index (χ4v) is 2.23. The van der Waals surface area contributed by atoms with Crippen molar-refractivity contribution in [2.24, 2.45) is 0 Å². The first-order valence-corrected chi connectivity index (χ1v) is 5.44. The van der Waals surface area contributed by atoms with Crippen LogP contribution < -0.4 is 4.90 Å². The maximum atomic E-state index is 9.33. The van der Waals surface area contributed by atoms with Crippen LogP contribution in [0.4, 0.5) is 5.13 Å². The van der Waals surface area contributed by atoms with Crippen molar-refractivity contribution >= 4 is 16.5 Å². The quantitative estimate of drug-likeness (QED) is 0.816. The van der Waals surface area contributed by atoms with Gasteiger partial charge in [0.25, 0.3) is 0 Å². The molecule has 0 amide bonds. The summed E-state index contributed by atoms with van der Waals surface area (Å²) in [4.78, 5) is 7.33. The predicted molar refractivity (Wildman–Crippen MR) is 55.8 cm³/mol. The lowest BCUT2D eigenvalue weighted by Gasteiger charge is -2.37. The Kier molecular flexibility index (Phi) is 2.71. The van der Waals surface area contributed by atoms with Crippen LogP contribution in [0, 0.1) is 0 Å². The SMILES string of the molecule is COC1CN(c2ncc(C(C)O)s2)C1. The molecule has 0 saturated carbocycles. The standard InChI is InChI=1S/C9H14N2O2S/c1-6(12)8-3-10-9(14-8)11-4-7(5-11)13-2/h3,6-7,12H,4-5H2,1-2H3. The van der Waals surface area contributed by atoms with Gasteiger partial charge in [-0.3, -0.25) is 0 Å². The third-order valence-electron chi connectivity index (χ3n) is 2.38. The van der Waals surface area contributed by atoms with Crippen molar-refractivity contribution in [3.05, 3.63) is 11.1 Å². The molecule has 78 valence electrons. The second-order valence-corrected chi connectivity index (χ2v) is 4.52. The topological polar surface area (TPSA) is 45.6 Å². The average Bonchev–Trinajstić information content (AvgIpc) is 2.51. The molecular weight excluding hydrogens is 200 g/mol. The van der Waals surface area contributed by atoms with Gasteiger partial charge >= 0.3 is 0 Å². The Morgan fingerprint density at radius 1 is 1.71 bits per heavy atom. The molecule has 0 radical (unpaired) electrons. The molecule has 1 atom stereocenters. The number of hydrogen-bond donors (Lipinski definition) is 1. The minimum Gasteiger partial charge on any atom is -0.388 e. The van der Waals surface area contributed by atoms with Gasteiger partial charge in [-0.05, 0) is 6.92 Å². The molecule has 1 aliphatic rings. The van der Waals surface area contributed by atoms with Crippen molar-refractivity contribution < 1.29 is 9.84 Å². The third kappa shape index (κ3) is 1.75. The summed E-state index contributed by atoms with van der Waals surface area (Å²) < 4.78 is 5.18. The Bertz CT molecular complexity index is 308. The van der Waals surface area contributed by atoms with E-state index < -0.39 is 6.10 Å². The van der Waals surface area contributed by atoms with Crippen LogP contribution in [0.1, 0.15) is 17.9 Å². The smallest absolute Gasteiger partial charge is 0.185 e. The first kappa shape index (κ1) is 9.89. The van der Waals surface area contributed by atoms with Crippen LogP contribution in [-0.2, 0) is 4.74 Å². The number of methoxy groups -OCH3 is 1. The number of ether oxygens (including phenoxy) is 1. The molecule has 1 aromatic heterocycles. The summed E-state index contributed by atoms with van der Waals surface area (Å²) in [7, 11) is 1.73. The molecule has 0 aromatic carbocycles. The van der Waals surface area contributed by atoms with E-state index in [9.17, 15) is 5.11 Å². The molecule has 14 heavy (non-hydrogen) atoms. The monoisotopic (exact) mass is 214 g/mol. The summed E-state index contributed by atoms with van der Waals surface area (Å²) in [6.07, 6.45) is 1.67. The molecule has 5 heteroatoms. The van der Waals surface area contributed by atoms with E-state index in [0.717, 1.165) is 23.1 Å². The van der Waals surface area contributed by atoms with E-state index in [1.165, 1.54) is 0 Å². The number of aromatic nitrogens is 1. The van der Waals surface area contributed by atoms with Gasteiger partial charge in [0, 0.05) is 26.4 Å². The lowest BCUT2D eigenvalue weighted by molar-refractivity contribution is 0.0787. The molecule has 4 nitrogen and oxygen atoms in total. The number of rotatable bonds is 3. The molecule has 0 aliphatic carbocycles. The number of aliphatic hydroxyl groups is 1. The molecule has 2 heterocycles. The normalized spacial score (nSPS) is 19.5. The highest BCUT2D eigenvalue weighted by Gasteiger charge is 2.28. The average molecular weight is 214 g/mol. The highest BCUT2D eigenvalue weighted by atomic mass is 32.1. The molecule has 1 fully saturated rings. The van der Waals surface area contributed by atoms with Crippen LogP contribution in [0.5, 0.6) is 0 Å². The molecule has 1 aliphatic heterocycles. The van der Waals surface area contributed by atoms with Crippen molar-refractivity contribution in [3.63, 3.8) is 0 Å². The van der Waals surface area contributed by atoms with Gasteiger partial charge in [0.2, 0.25) is 0 Å². The number of nitrogens with zero attached hydrogens (tertiary/aromatic N) is 2. The largest absolute Gasteiger partial charge is 0.388 e. The number of aliphatic hydroxyl groups excluding tert-OH is 1. The highest BCUT2D eigenvalue weighted by molar-refractivity contribution is 7.15. The van der Waals surface area contributed by atoms with Gasteiger partial charge in [0.05, 0.1) is 17.1 Å². The number of thiazole rings is 1. The Morgan fingerprint density at radius 2 is 2.43 bits per heavy atom. The third-order valence-corrected chi connectivity index (χ3v) is 3.60. The molecule has 0 bridgehead atoms.